The van der Waals surface area contributed by atoms with Crippen molar-refractivity contribution >= 4 is 5.71 Å². The molecule has 0 aromatic rings. The van der Waals surface area contributed by atoms with Crippen LogP contribution in [0.15, 0.2) is 35.1 Å². The summed E-state index contributed by atoms with van der Waals surface area (Å²) in [7, 11) is 0. The van der Waals surface area contributed by atoms with E-state index in [0.717, 1.165) is 11.5 Å². The number of hydrogen-bond donors (Lipinski definition) is 2. The van der Waals surface area contributed by atoms with Crippen LogP contribution >= 0.6 is 0 Å². The van der Waals surface area contributed by atoms with Gasteiger partial charge < -0.3 is 10.7 Å². The zero-order valence-corrected chi connectivity index (χ0v) is 12.2. The Balaban J connectivity index is 1.66. The molecule has 3 rings (SSSR count). The van der Waals surface area contributed by atoms with Crippen LogP contribution in [0, 0.1) is 16.7 Å². The molecule has 0 bridgehead atoms. The number of fused-ring (bicyclic) bond motifs is 1. The van der Waals surface area contributed by atoms with E-state index in [0.29, 0.717) is 11.8 Å². The van der Waals surface area contributed by atoms with Crippen molar-refractivity contribution < 1.29 is 0 Å². The van der Waals surface area contributed by atoms with Gasteiger partial charge in [0.2, 0.25) is 0 Å². The van der Waals surface area contributed by atoms with E-state index in [4.69, 9.17) is 5.41 Å². The monoisotopic (exact) mass is 256 g/mol. The molecule has 2 N–H and O–H groups in total. The Kier molecular flexibility index (Phi) is 2.92. The second-order valence-electron chi connectivity index (χ2n) is 6.88. The van der Waals surface area contributed by atoms with Crippen LogP contribution < -0.4 is 5.32 Å². The maximum absolute atomic E-state index is 8.10. The first-order valence-corrected chi connectivity index (χ1v) is 7.48. The lowest BCUT2D eigenvalue weighted by molar-refractivity contribution is 0.325. The molecule has 0 radical (unpaired) electrons. The largest absolute Gasteiger partial charge is 0.388 e. The number of rotatable bonds is 2. The van der Waals surface area contributed by atoms with Gasteiger partial charge in [-0.25, -0.2) is 0 Å². The topological polar surface area (TPSA) is 35.9 Å². The number of nitrogens with one attached hydrogen (secondary N) is 2. The van der Waals surface area contributed by atoms with Crippen molar-refractivity contribution in [1.82, 2.24) is 5.32 Å². The third-order valence-electron chi connectivity index (χ3n) is 4.96. The van der Waals surface area contributed by atoms with Gasteiger partial charge >= 0.3 is 0 Å². The lowest BCUT2D eigenvalue weighted by atomic mass is 9.87. The third-order valence-corrected chi connectivity index (χ3v) is 4.96. The molecule has 0 heterocycles. The quantitative estimate of drug-likeness (QED) is 0.770. The second-order valence-corrected chi connectivity index (χ2v) is 6.88. The average molecular weight is 256 g/mol. The Bertz CT molecular complexity index is 497. The molecule has 0 aromatic carbocycles. The lowest BCUT2D eigenvalue weighted by Crippen LogP contribution is -2.29. The van der Waals surface area contributed by atoms with Crippen molar-refractivity contribution in [3.8, 4) is 0 Å². The molecule has 19 heavy (non-hydrogen) atoms. The van der Waals surface area contributed by atoms with Gasteiger partial charge in [0.15, 0.2) is 0 Å². The minimum Gasteiger partial charge on any atom is -0.388 e. The fourth-order valence-corrected chi connectivity index (χ4v) is 3.26. The molecule has 0 amide bonds. The summed E-state index contributed by atoms with van der Waals surface area (Å²) < 4.78 is 0. The molecular formula is C17H24N2. The zero-order chi connectivity index (χ0) is 13.6. The third kappa shape index (κ3) is 2.29. The van der Waals surface area contributed by atoms with Crippen LogP contribution in [0.25, 0.3) is 0 Å². The van der Waals surface area contributed by atoms with Crippen LogP contribution in [-0.2, 0) is 0 Å². The van der Waals surface area contributed by atoms with Crippen molar-refractivity contribution in [3.63, 3.8) is 0 Å². The summed E-state index contributed by atoms with van der Waals surface area (Å²) in [6, 6.07) is 0.604. The van der Waals surface area contributed by atoms with E-state index >= 15 is 0 Å². The van der Waals surface area contributed by atoms with E-state index in [-0.39, 0.29) is 5.41 Å². The fourth-order valence-electron chi connectivity index (χ4n) is 3.26. The van der Waals surface area contributed by atoms with Gasteiger partial charge in [-0.15, -0.1) is 0 Å². The van der Waals surface area contributed by atoms with Crippen molar-refractivity contribution in [2.75, 3.05) is 0 Å². The SMILES string of the molecule is CC1CCC(N/C=C2/C=C3C(=CC2=N)C3(C)C)CC1. The molecule has 2 nitrogen and oxygen atoms in total. The highest BCUT2D eigenvalue weighted by Gasteiger charge is 2.47. The van der Waals surface area contributed by atoms with Gasteiger partial charge in [0, 0.05) is 23.2 Å². The summed E-state index contributed by atoms with van der Waals surface area (Å²) in [6.07, 6.45) is 11.5. The van der Waals surface area contributed by atoms with E-state index in [1.54, 1.807) is 0 Å². The van der Waals surface area contributed by atoms with Crippen molar-refractivity contribution in [3.05, 3.63) is 35.1 Å². The summed E-state index contributed by atoms with van der Waals surface area (Å²) in [5.74, 6) is 0.888. The minimum absolute atomic E-state index is 0.210. The van der Waals surface area contributed by atoms with E-state index in [2.05, 4.69) is 38.4 Å². The molecule has 0 spiro atoms. The maximum atomic E-state index is 8.10. The molecule has 2 heteroatoms. The minimum atomic E-state index is 0.210. The van der Waals surface area contributed by atoms with E-state index in [1.165, 1.54) is 36.8 Å². The predicted molar refractivity (Wildman–Crippen MR) is 80.3 cm³/mol. The van der Waals surface area contributed by atoms with Crippen LogP contribution in [0.4, 0.5) is 0 Å². The van der Waals surface area contributed by atoms with Crippen LogP contribution in [0.1, 0.15) is 46.5 Å². The first-order chi connectivity index (χ1) is 8.98. The molecule has 0 saturated heterocycles. The van der Waals surface area contributed by atoms with Gasteiger partial charge in [-0.05, 0) is 54.9 Å². The summed E-state index contributed by atoms with van der Waals surface area (Å²) >= 11 is 0. The van der Waals surface area contributed by atoms with Gasteiger partial charge in [-0.3, -0.25) is 0 Å². The number of hydrogen-bond acceptors (Lipinski definition) is 2. The first kappa shape index (κ1) is 12.7. The Labute approximate surface area is 116 Å². The lowest BCUT2D eigenvalue weighted by Gasteiger charge is -2.26. The highest BCUT2D eigenvalue weighted by atomic mass is 14.9. The van der Waals surface area contributed by atoms with Gasteiger partial charge in [-0.1, -0.05) is 20.8 Å². The normalized spacial score (nSPS) is 34.5. The van der Waals surface area contributed by atoms with E-state index in [1.807, 2.05) is 6.08 Å². The van der Waals surface area contributed by atoms with Crippen molar-refractivity contribution in [2.45, 2.75) is 52.5 Å². The molecule has 2 saturated carbocycles. The smallest absolute Gasteiger partial charge is 0.0629 e. The van der Waals surface area contributed by atoms with Crippen LogP contribution in [0.3, 0.4) is 0 Å². The van der Waals surface area contributed by atoms with Crippen LogP contribution in [0.2, 0.25) is 0 Å². The highest BCUT2D eigenvalue weighted by molar-refractivity contribution is 6.12. The van der Waals surface area contributed by atoms with Crippen molar-refractivity contribution in [2.24, 2.45) is 11.3 Å². The Morgan fingerprint density at radius 3 is 2.47 bits per heavy atom. The van der Waals surface area contributed by atoms with E-state index in [9.17, 15) is 0 Å². The van der Waals surface area contributed by atoms with Gasteiger partial charge in [-0.2, -0.15) is 0 Å². The number of allylic oxidation sites excluding steroid dienone is 5. The Hall–Kier alpha value is -1.31. The molecule has 0 atom stereocenters. The second kappa shape index (κ2) is 4.36. The average Bonchev–Trinajstić information content (AvgIpc) is 2.89. The van der Waals surface area contributed by atoms with Gasteiger partial charge in [0.05, 0.1) is 5.71 Å². The standard InChI is InChI=1S/C17H24N2/c1-11-4-6-13(7-5-11)19-10-12-8-14-15(9-16(12)18)17(14,2)3/h8-11,13,18-19H,4-7H2,1-3H3/b12-10-,18-16?. The molecule has 0 aromatic heterocycles. The molecule has 3 aliphatic rings. The highest BCUT2D eigenvalue weighted by Crippen LogP contribution is 2.59. The fraction of sp³-hybridized carbons (Fsp3) is 0.588. The van der Waals surface area contributed by atoms with Crippen LogP contribution in [0.5, 0.6) is 0 Å². The molecule has 0 aliphatic heterocycles. The molecule has 0 unspecified atom stereocenters. The molecular weight excluding hydrogens is 232 g/mol. The maximum Gasteiger partial charge on any atom is 0.0629 e. The zero-order valence-electron chi connectivity index (χ0n) is 12.2. The summed E-state index contributed by atoms with van der Waals surface area (Å²) in [5, 5.41) is 11.6. The van der Waals surface area contributed by atoms with Gasteiger partial charge in [0.1, 0.15) is 0 Å². The summed E-state index contributed by atoms with van der Waals surface area (Å²) in [4.78, 5) is 0. The van der Waals surface area contributed by atoms with E-state index < -0.39 is 0 Å². The molecule has 102 valence electrons. The van der Waals surface area contributed by atoms with Gasteiger partial charge in [0.25, 0.3) is 0 Å². The Morgan fingerprint density at radius 1 is 1.16 bits per heavy atom. The molecule has 3 aliphatic carbocycles. The summed E-state index contributed by atoms with van der Waals surface area (Å²) in [5.41, 5.74) is 4.67. The van der Waals surface area contributed by atoms with Crippen LogP contribution in [-0.4, -0.2) is 11.8 Å². The Morgan fingerprint density at radius 2 is 1.79 bits per heavy atom. The molecule has 2 fully saturated rings. The summed E-state index contributed by atoms with van der Waals surface area (Å²) in [6.45, 7) is 6.81. The predicted octanol–water partition coefficient (Wildman–Crippen LogP) is 3.96. The van der Waals surface area contributed by atoms with Crippen molar-refractivity contribution in [1.29, 1.82) is 5.41 Å². The first-order valence-electron chi connectivity index (χ1n) is 7.48.